The van der Waals surface area contributed by atoms with Gasteiger partial charge in [-0.2, -0.15) is 0 Å². The van der Waals surface area contributed by atoms with E-state index in [9.17, 15) is 24.0 Å². The van der Waals surface area contributed by atoms with Gasteiger partial charge in [0.1, 0.15) is 17.5 Å². The molecular formula is C48H67N2O9P. The molecule has 0 N–H and O–H groups in total. The van der Waals surface area contributed by atoms with Crippen LogP contribution in [0.25, 0.3) is 0 Å². The molecule has 11 nitrogen and oxygen atoms in total. The SMILES string of the molecule is C.CC(C)(C)OC(=O)N1CCC[C@@H]1C=O.CCOC(=O)/C=C/[C@H]1CCCN1C(=O)OC(C)(C)C.CCOC(=O)CC=P(c1ccccc1)(c1ccccc1)c1ccccc1. The highest BCUT2D eigenvalue weighted by Gasteiger charge is 2.32. The number of hydrogen-bond donors (Lipinski definition) is 0. The van der Waals surface area contributed by atoms with Crippen molar-refractivity contribution in [3.63, 3.8) is 0 Å². The molecule has 0 aromatic heterocycles. The zero-order valence-electron chi connectivity index (χ0n) is 36.0. The lowest BCUT2D eigenvalue weighted by molar-refractivity contribution is -0.141. The third kappa shape index (κ3) is 16.1. The monoisotopic (exact) mass is 846 g/mol. The van der Waals surface area contributed by atoms with Crippen LogP contribution in [0.15, 0.2) is 103 Å². The Balaban J connectivity index is 0.000000324. The molecular weight excluding hydrogens is 780 g/mol. The van der Waals surface area contributed by atoms with E-state index < -0.39 is 18.1 Å². The first-order valence-corrected chi connectivity index (χ1v) is 22.3. The van der Waals surface area contributed by atoms with Gasteiger partial charge in [0.2, 0.25) is 0 Å². The molecule has 0 aliphatic carbocycles. The number of hydrogen-bond acceptors (Lipinski definition) is 9. The Morgan fingerprint density at radius 3 is 1.43 bits per heavy atom. The summed E-state index contributed by atoms with van der Waals surface area (Å²) in [6.07, 6.45) is 6.89. The first-order chi connectivity index (χ1) is 28.0. The molecule has 2 aliphatic heterocycles. The van der Waals surface area contributed by atoms with Crippen molar-refractivity contribution in [2.24, 2.45) is 0 Å². The number of carbonyl (C=O) groups is 5. The summed E-state index contributed by atoms with van der Waals surface area (Å²) >= 11 is 0. The summed E-state index contributed by atoms with van der Waals surface area (Å²) in [6, 6.07) is 31.1. The van der Waals surface area contributed by atoms with Gasteiger partial charge in [-0.1, -0.05) is 110 Å². The van der Waals surface area contributed by atoms with Gasteiger partial charge in [0.15, 0.2) is 0 Å². The van der Waals surface area contributed by atoms with E-state index in [-0.39, 0.29) is 43.6 Å². The molecule has 2 heterocycles. The van der Waals surface area contributed by atoms with Crippen molar-refractivity contribution in [3.05, 3.63) is 103 Å². The van der Waals surface area contributed by atoms with E-state index in [0.29, 0.717) is 32.7 Å². The largest absolute Gasteiger partial charge is 0.466 e. The van der Waals surface area contributed by atoms with Crippen molar-refractivity contribution in [3.8, 4) is 0 Å². The highest BCUT2D eigenvalue weighted by atomic mass is 31.2. The predicted molar refractivity (Wildman–Crippen MR) is 243 cm³/mol. The number of benzene rings is 3. The zero-order chi connectivity index (χ0) is 43.5. The summed E-state index contributed by atoms with van der Waals surface area (Å²) in [5.74, 6) is 1.63. The molecule has 2 fully saturated rings. The Hall–Kier alpha value is -5.15. The lowest BCUT2D eigenvalue weighted by Gasteiger charge is -2.28. The predicted octanol–water partition coefficient (Wildman–Crippen LogP) is 8.46. The first kappa shape index (κ1) is 51.0. The Bertz CT molecular complexity index is 1770. The Morgan fingerprint density at radius 1 is 0.650 bits per heavy atom. The average molecular weight is 847 g/mol. The first-order valence-electron chi connectivity index (χ1n) is 20.4. The van der Waals surface area contributed by atoms with Crippen molar-refractivity contribution in [1.29, 1.82) is 0 Å². The number of ether oxygens (including phenoxy) is 4. The quantitative estimate of drug-likeness (QED) is 0.0649. The summed E-state index contributed by atoms with van der Waals surface area (Å²) in [4.78, 5) is 60.8. The summed E-state index contributed by atoms with van der Waals surface area (Å²) in [5.41, 5.74) is -0.998. The highest BCUT2D eigenvalue weighted by Crippen LogP contribution is 2.44. The molecule has 2 amide bonds. The van der Waals surface area contributed by atoms with Crippen molar-refractivity contribution in [2.45, 2.75) is 118 Å². The molecule has 0 saturated carbocycles. The number of amides is 2. The van der Waals surface area contributed by atoms with Gasteiger partial charge in [0.25, 0.3) is 0 Å². The summed E-state index contributed by atoms with van der Waals surface area (Å²) in [7, 11) is 0. The van der Waals surface area contributed by atoms with E-state index in [0.717, 1.165) is 32.0 Å². The lowest BCUT2D eigenvalue weighted by Crippen LogP contribution is -2.40. The molecule has 12 heteroatoms. The molecule has 3 aromatic carbocycles. The van der Waals surface area contributed by atoms with E-state index in [4.69, 9.17) is 18.9 Å². The normalized spacial score (nSPS) is 16.2. The number of esters is 2. The molecule has 5 rings (SSSR count). The summed E-state index contributed by atoms with van der Waals surface area (Å²) < 4.78 is 20.5. The zero-order valence-corrected chi connectivity index (χ0v) is 36.9. The Kier molecular flexibility index (Phi) is 21.1. The lowest BCUT2D eigenvalue weighted by atomic mass is 10.2. The van der Waals surface area contributed by atoms with Crippen LogP contribution in [0.3, 0.4) is 0 Å². The van der Waals surface area contributed by atoms with Crippen molar-refractivity contribution < 1.29 is 42.9 Å². The van der Waals surface area contributed by atoms with E-state index in [1.165, 1.54) is 26.9 Å². The third-order valence-corrected chi connectivity index (χ3v) is 13.1. The molecule has 3 aromatic rings. The van der Waals surface area contributed by atoms with E-state index >= 15 is 0 Å². The minimum absolute atomic E-state index is 0. The average Bonchev–Trinajstić information content (AvgIpc) is 3.89. The second kappa shape index (κ2) is 24.8. The second-order valence-corrected chi connectivity index (χ2v) is 19.3. The van der Waals surface area contributed by atoms with Crippen LogP contribution in [0.5, 0.6) is 0 Å². The van der Waals surface area contributed by atoms with Gasteiger partial charge in [-0.25, -0.2) is 14.4 Å². The maximum atomic E-state index is 12.1. The van der Waals surface area contributed by atoms with Gasteiger partial charge < -0.3 is 28.6 Å². The molecule has 2 saturated heterocycles. The van der Waals surface area contributed by atoms with E-state index in [2.05, 4.69) is 78.6 Å². The van der Waals surface area contributed by atoms with Gasteiger partial charge in [0.05, 0.1) is 31.7 Å². The van der Waals surface area contributed by atoms with Gasteiger partial charge in [-0.3, -0.25) is 9.69 Å². The minimum atomic E-state index is -2.06. The van der Waals surface area contributed by atoms with Crippen LogP contribution in [-0.2, 0) is 33.3 Å². The van der Waals surface area contributed by atoms with Crippen LogP contribution in [0, 0.1) is 0 Å². The number of carbonyl (C=O) groups excluding carboxylic acids is 5. The molecule has 2 atom stereocenters. The number of likely N-dealkylation sites (tertiary alicyclic amines) is 2. The van der Waals surface area contributed by atoms with Crippen LogP contribution in [0.4, 0.5) is 9.59 Å². The molecule has 0 spiro atoms. The Morgan fingerprint density at radius 2 is 1.05 bits per heavy atom. The van der Waals surface area contributed by atoms with Crippen molar-refractivity contribution >= 4 is 59.0 Å². The van der Waals surface area contributed by atoms with Crippen LogP contribution in [-0.4, -0.2) is 95.6 Å². The second-order valence-electron chi connectivity index (χ2n) is 15.9. The third-order valence-electron chi connectivity index (χ3n) is 9.08. The van der Waals surface area contributed by atoms with Gasteiger partial charge in [-0.15, -0.1) is 0 Å². The fraction of sp³-hybridized carbons (Fsp3) is 0.458. The fourth-order valence-corrected chi connectivity index (χ4v) is 10.5. The summed E-state index contributed by atoms with van der Waals surface area (Å²) in [5, 5.41) is 3.71. The summed E-state index contributed by atoms with van der Waals surface area (Å²) in [6.45, 7) is 14.5. The highest BCUT2D eigenvalue weighted by molar-refractivity contribution is 7.94. The Labute approximate surface area is 358 Å². The molecule has 2 aliphatic rings. The smallest absolute Gasteiger partial charge is 0.410 e. The van der Waals surface area contributed by atoms with E-state index in [1.54, 1.807) is 17.9 Å². The molecule has 0 unspecified atom stereocenters. The minimum Gasteiger partial charge on any atom is -0.466 e. The van der Waals surface area contributed by atoms with Gasteiger partial charge in [-0.05, 0) is 104 Å². The fourth-order valence-electron chi connectivity index (χ4n) is 6.59. The van der Waals surface area contributed by atoms with Gasteiger partial charge in [0, 0.05) is 19.2 Å². The van der Waals surface area contributed by atoms with Crippen LogP contribution >= 0.6 is 6.89 Å². The molecule has 0 bridgehead atoms. The standard InChI is InChI=1S/C23H23O2P.C14H23NO4.C10H17NO3.CH4/c1-2-25-23(24)18-19-26(20-12-6-3-7-13-20,21-14-8-4-9-15-21)22-16-10-5-11-17-22;1-5-18-12(16)9-8-11-7-6-10-15(11)13(17)19-14(2,3)4;1-10(2,3)14-9(13)11-6-4-5-8(11)7-12;/h3-17,19H,2,18H2,1H3;8-9,11H,5-7,10H2,1-4H3;7-8H,4-6H2,1-3H3;1H4/b;9-8+;;/t;11-;8-;/m.11./s1. The van der Waals surface area contributed by atoms with Crippen molar-refractivity contribution in [2.75, 3.05) is 26.3 Å². The molecule has 328 valence electrons. The number of aldehydes is 1. The van der Waals surface area contributed by atoms with Crippen LogP contribution in [0.1, 0.15) is 94.9 Å². The van der Waals surface area contributed by atoms with Crippen LogP contribution in [0.2, 0.25) is 0 Å². The van der Waals surface area contributed by atoms with Gasteiger partial charge >= 0.3 is 24.1 Å². The topological polar surface area (TPSA) is 129 Å². The molecule has 0 radical (unpaired) electrons. The molecule has 60 heavy (non-hydrogen) atoms. The number of rotatable bonds is 10. The van der Waals surface area contributed by atoms with Crippen molar-refractivity contribution in [1.82, 2.24) is 9.80 Å². The number of nitrogens with zero attached hydrogens (tertiary/aromatic N) is 2. The van der Waals surface area contributed by atoms with E-state index in [1.807, 2.05) is 66.7 Å². The maximum Gasteiger partial charge on any atom is 0.410 e. The van der Waals surface area contributed by atoms with Crippen LogP contribution < -0.4 is 15.9 Å². The maximum absolute atomic E-state index is 12.1.